The van der Waals surface area contributed by atoms with Crippen LogP contribution in [0.25, 0.3) is 11.4 Å². The Balaban J connectivity index is 2.46. The summed E-state index contributed by atoms with van der Waals surface area (Å²) in [6.45, 7) is 2.07. The van der Waals surface area contributed by atoms with Gasteiger partial charge in [-0.25, -0.2) is 4.98 Å². The Labute approximate surface area is 125 Å². The molecule has 0 fully saturated rings. The predicted octanol–water partition coefficient (Wildman–Crippen LogP) is 3.87. The molecule has 3 nitrogen and oxygen atoms in total. The Bertz CT molecular complexity index is 622. The molecule has 1 N–H and O–H groups in total. The van der Waals surface area contributed by atoms with Crippen LogP contribution in [0.4, 0.5) is 0 Å². The number of thioether (sulfide) groups is 1. The lowest BCUT2D eigenvalue weighted by Gasteiger charge is -2.06. The molecule has 2 aromatic rings. The highest BCUT2D eigenvalue weighted by atomic mass is 79.9. The third-order valence-corrected chi connectivity index (χ3v) is 4.34. The van der Waals surface area contributed by atoms with E-state index in [1.165, 1.54) is 4.90 Å². The van der Waals surface area contributed by atoms with Gasteiger partial charge in [0.15, 0.2) is 0 Å². The molecule has 0 atom stereocenters. The number of hydrogen-bond donors (Lipinski definition) is 1. The molecule has 19 heavy (non-hydrogen) atoms. The van der Waals surface area contributed by atoms with Crippen LogP contribution in [-0.2, 0) is 6.42 Å². The van der Waals surface area contributed by atoms with Crippen molar-refractivity contribution in [2.45, 2.75) is 24.7 Å². The summed E-state index contributed by atoms with van der Waals surface area (Å²) in [5.41, 5.74) is 1.62. The molecule has 0 spiro atoms. The van der Waals surface area contributed by atoms with Crippen molar-refractivity contribution in [2.75, 3.05) is 6.26 Å². The van der Waals surface area contributed by atoms with Gasteiger partial charge in [0.2, 0.25) is 0 Å². The topological polar surface area (TPSA) is 45.8 Å². The predicted molar refractivity (Wildman–Crippen MR) is 83.8 cm³/mol. The summed E-state index contributed by atoms with van der Waals surface area (Å²) in [5.74, 6) is 0.629. The van der Waals surface area contributed by atoms with Crippen LogP contribution in [0.3, 0.4) is 0 Å². The van der Waals surface area contributed by atoms with E-state index >= 15 is 0 Å². The van der Waals surface area contributed by atoms with Crippen LogP contribution in [0.5, 0.6) is 0 Å². The molecule has 0 radical (unpaired) electrons. The van der Waals surface area contributed by atoms with Gasteiger partial charge in [0, 0.05) is 10.5 Å². The summed E-state index contributed by atoms with van der Waals surface area (Å²) in [7, 11) is 0. The number of aryl methyl sites for hydroxylation is 1. The fourth-order valence-electron chi connectivity index (χ4n) is 1.79. The largest absolute Gasteiger partial charge is 0.306 e. The highest BCUT2D eigenvalue weighted by Gasteiger charge is 2.09. The smallest absolute Gasteiger partial charge is 0.265 e. The average Bonchev–Trinajstić information content (AvgIpc) is 2.44. The first-order valence-corrected chi connectivity index (χ1v) is 8.10. The maximum absolute atomic E-state index is 11.9. The van der Waals surface area contributed by atoms with Crippen molar-refractivity contribution in [3.05, 3.63) is 44.8 Å². The maximum Gasteiger partial charge on any atom is 0.265 e. The summed E-state index contributed by atoms with van der Waals surface area (Å²) in [5, 5.41) is 0. The fraction of sp³-hybridized carbons (Fsp3) is 0.286. The molecular formula is C14H15BrN2OS. The zero-order chi connectivity index (χ0) is 13.8. The zero-order valence-corrected chi connectivity index (χ0v) is 13.3. The number of aromatic nitrogens is 2. The lowest BCUT2D eigenvalue weighted by atomic mass is 10.2. The number of nitrogens with one attached hydrogen (secondary N) is 1. The van der Waals surface area contributed by atoms with Crippen LogP contribution in [-0.4, -0.2) is 16.2 Å². The van der Waals surface area contributed by atoms with Crippen LogP contribution in [0.15, 0.2) is 38.4 Å². The van der Waals surface area contributed by atoms with Gasteiger partial charge in [-0.15, -0.1) is 11.8 Å². The molecule has 0 aliphatic heterocycles. The SMILES string of the molecule is CCCc1nc(-c2ccc(SC)cc2)[nH]c(=O)c1Br. The minimum absolute atomic E-state index is 0.123. The summed E-state index contributed by atoms with van der Waals surface area (Å²) < 4.78 is 0.541. The first-order valence-electron chi connectivity index (χ1n) is 6.08. The molecule has 2 rings (SSSR count). The summed E-state index contributed by atoms with van der Waals surface area (Å²) in [4.78, 5) is 20.4. The van der Waals surface area contributed by atoms with Gasteiger partial charge < -0.3 is 4.98 Å². The molecule has 5 heteroatoms. The van der Waals surface area contributed by atoms with Gasteiger partial charge in [-0.1, -0.05) is 25.5 Å². The normalized spacial score (nSPS) is 10.7. The molecule has 1 heterocycles. The maximum atomic E-state index is 11.9. The molecule has 0 amide bonds. The second-order valence-electron chi connectivity index (χ2n) is 4.15. The van der Waals surface area contributed by atoms with Crippen molar-refractivity contribution in [1.29, 1.82) is 0 Å². The summed E-state index contributed by atoms with van der Waals surface area (Å²) in [6.07, 6.45) is 3.79. The van der Waals surface area contributed by atoms with Crippen LogP contribution >= 0.6 is 27.7 Å². The zero-order valence-electron chi connectivity index (χ0n) is 10.9. The van der Waals surface area contributed by atoms with Gasteiger partial charge in [-0.3, -0.25) is 4.79 Å². The van der Waals surface area contributed by atoms with Crippen LogP contribution in [0.2, 0.25) is 0 Å². The number of aromatic amines is 1. The van der Waals surface area contributed by atoms with Gasteiger partial charge in [-0.2, -0.15) is 0 Å². The van der Waals surface area contributed by atoms with Crippen LogP contribution in [0, 0.1) is 0 Å². The number of halogens is 1. The average molecular weight is 339 g/mol. The lowest BCUT2D eigenvalue weighted by molar-refractivity contribution is 0.861. The van der Waals surface area contributed by atoms with E-state index in [-0.39, 0.29) is 5.56 Å². The van der Waals surface area contributed by atoms with Crippen molar-refractivity contribution in [3.63, 3.8) is 0 Å². The highest BCUT2D eigenvalue weighted by molar-refractivity contribution is 9.10. The van der Waals surface area contributed by atoms with Crippen molar-refractivity contribution in [3.8, 4) is 11.4 Å². The van der Waals surface area contributed by atoms with Crippen molar-refractivity contribution < 1.29 is 0 Å². The Kier molecular flexibility index (Phi) is 4.82. The van der Waals surface area contributed by atoms with Crippen molar-refractivity contribution in [1.82, 2.24) is 9.97 Å². The summed E-state index contributed by atoms with van der Waals surface area (Å²) in [6, 6.07) is 8.02. The Morgan fingerprint density at radius 1 is 1.32 bits per heavy atom. The van der Waals surface area contributed by atoms with E-state index in [1.807, 2.05) is 30.5 Å². The number of H-pyrrole nitrogens is 1. The molecule has 1 aromatic carbocycles. The monoisotopic (exact) mass is 338 g/mol. The number of rotatable bonds is 4. The minimum Gasteiger partial charge on any atom is -0.306 e. The first kappa shape index (κ1) is 14.3. The molecule has 100 valence electrons. The third kappa shape index (κ3) is 3.28. The summed E-state index contributed by atoms with van der Waals surface area (Å²) >= 11 is 4.99. The van der Waals surface area contributed by atoms with E-state index < -0.39 is 0 Å². The van der Waals surface area contributed by atoms with Crippen molar-refractivity contribution >= 4 is 27.7 Å². The second kappa shape index (κ2) is 6.39. The van der Waals surface area contributed by atoms with Crippen LogP contribution < -0.4 is 5.56 Å². The highest BCUT2D eigenvalue weighted by Crippen LogP contribution is 2.21. The van der Waals surface area contributed by atoms with Crippen LogP contribution in [0.1, 0.15) is 19.0 Å². The minimum atomic E-state index is -0.123. The molecule has 0 bridgehead atoms. The Morgan fingerprint density at radius 2 is 2.00 bits per heavy atom. The Morgan fingerprint density at radius 3 is 2.58 bits per heavy atom. The fourth-order valence-corrected chi connectivity index (χ4v) is 2.59. The molecule has 0 saturated carbocycles. The lowest BCUT2D eigenvalue weighted by Crippen LogP contribution is -2.13. The van der Waals surface area contributed by atoms with Gasteiger partial charge in [-0.05, 0) is 40.7 Å². The number of nitrogens with zero attached hydrogens (tertiary/aromatic N) is 1. The van der Waals surface area contributed by atoms with E-state index in [0.29, 0.717) is 10.3 Å². The van der Waals surface area contributed by atoms with E-state index in [0.717, 1.165) is 24.1 Å². The standard InChI is InChI=1S/C14H15BrN2OS/c1-3-4-11-12(15)14(18)17-13(16-11)9-5-7-10(19-2)8-6-9/h5-8H,3-4H2,1-2H3,(H,16,17,18). The third-order valence-electron chi connectivity index (χ3n) is 2.78. The first-order chi connectivity index (χ1) is 9.15. The van der Waals surface area contributed by atoms with E-state index in [2.05, 4.69) is 32.8 Å². The van der Waals surface area contributed by atoms with Crippen molar-refractivity contribution in [2.24, 2.45) is 0 Å². The van der Waals surface area contributed by atoms with Gasteiger partial charge >= 0.3 is 0 Å². The molecule has 0 aliphatic rings. The Hall–Kier alpha value is -1.07. The number of benzene rings is 1. The second-order valence-corrected chi connectivity index (χ2v) is 5.83. The quantitative estimate of drug-likeness (QED) is 0.860. The molecule has 0 unspecified atom stereocenters. The number of hydrogen-bond acceptors (Lipinski definition) is 3. The van der Waals surface area contributed by atoms with Gasteiger partial charge in [0.1, 0.15) is 10.3 Å². The van der Waals surface area contributed by atoms with E-state index in [1.54, 1.807) is 11.8 Å². The van der Waals surface area contributed by atoms with E-state index in [9.17, 15) is 4.79 Å². The molecule has 0 saturated heterocycles. The van der Waals surface area contributed by atoms with Gasteiger partial charge in [0.05, 0.1) is 5.69 Å². The molecule has 1 aromatic heterocycles. The molecular weight excluding hydrogens is 324 g/mol. The molecule has 0 aliphatic carbocycles. The van der Waals surface area contributed by atoms with Gasteiger partial charge in [0.25, 0.3) is 5.56 Å². The van der Waals surface area contributed by atoms with E-state index in [4.69, 9.17) is 0 Å².